The van der Waals surface area contributed by atoms with Gasteiger partial charge in [-0.15, -0.1) is 11.8 Å². The molecule has 0 aliphatic rings. The van der Waals surface area contributed by atoms with E-state index in [1.54, 1.807) is 23.9 Å². The Balaban J connectivity index is 2.65. The van der Waals surface area contributed by atoms with E-state index in [-0.39, 0.29) is 6.61 Å². The van der Waals surface area contributed by atoms with Crippen molar-refractivity contribution in [3.63, 3.8) is 0 Å². The summed E-state index contributed by atoms with van der Waals surface area (Å²) in [6, 6.07) is 7.61. The van der Waals surface area contributed by atoms with Gasteiger partial charge in [-0.1, -0.05) is 0 Å². The van der Waals surface area contributed by atoms with Crippen LogP contribution in [-0.4, -0.2) is 17.5 Å². The summed E-state index contributed by atoms with van der Waals surface area (Å²) in [5.74, 6) is 0.890. The fourth-order valence-electron chi connectivity index (χ4n) is 0.934. The minimum atomic E-state index is 0.223. The van der Waals surface area contributed by atoms with Crippen molar-refractivity contribution in [3.05, 3.63) is 28.2 Å². The molecule has 0 spiro atoms. The Morgan fingerprint density at radius 3 is 2.86 bits per heavy atom. The fraction of sp³-hybridized carbons (Fsp3) is 0.300. The van der Waals surface area contributed by atoms with Gasteiger partial charge in [-0.05, 0) is 40.5 Å². The van der Waals surface area contributed by atoms with Crippen LogP contribution in [0.5, 0.6) is 0 Å². The minimum absolute atomic E-state index is 0.223. The predicted octanol–water partition coefficient (Wildman–Crippen LogP) is 2.80. The number of aliphatic hydroxyl groups is 1. The average molecular weight is 272 g/mol. The van der Waals surface area contributed by atoms with Crippen molar-refractivity contribution < 1.29 is 5.11 Å². The molecule has 0 saturated heterocycles. The molecule has 1 aromatic carbocycles. The van der Waals surface area contributed by atoms with E-state index in [9.17, 15) is 0 Å². The molecule has 14 heavy (non-hydrogen) atoms. The van der Waals surface area contributed by atoms with E-state index in [1.807, 2.05) is 6.07 Å². The Morgan fingerprint density at radius 2 is 2.29 bits per heavy atom. The summed E-state index contributed by atoms with van der Waals surface area (Å²) in [6.45, 7) is 0.223. The summed E-state index contributed by atoms with van der Waals surface area (Å²) in [5, 5.41) is 17.3. The van der Waals surface area contributed by atoms with Gasteiger partial charge in [0.2, 0.25) is 0 Å². The van der Waals surface area contributed by atoms with Crippen LogP contribution in [0.2, 0.25) is 0 Å². The third-order valence-corrected chi connectivity index (χ3v) is 3.70. The normalized spacial score (nSPS) is 9.79. The van der Waals surface area contributed by atoms with Crippen LogP contribution in [0, 0.1) is 11.3 Å². The van der Waals surface area contributed by atoms with E-state index < -0.39 is 0 Å². The van der Waals surface area contributed by atoms with E-state index in [1.165, 1.54) is 0 Å². The first-order chi connectivity index (χ1) is 6.77. The van der Waals surface area contributed by atoms with Gasteiger partial charge >= 0.3 is 0 Å². The van der Waals surface area contributed by atoms with Crippen LogP contribution >= 0.6 is 27.7 Å². The van der Waals surface area contributed by atoms with Crippen LogP contribution in [0.25, 0.3) is 0 Å². The van der Waals surface area contributed by atoms with Crippen molar-refractivity contribution in [2.75, 3.05) is 12.4 Å². The van der Waals surface area contributed by atoms with Gasteiger partial charge in [-0.25, -0.2) is 0 Å². The zero-order valence-electron chi connectivity index (χ0n) is 7.53. The number of thioether (sulfide) groups is 1. The van der Waals surface area contributed by atoms with E-state index in [2.05, 4.69) is 22.0 Å². The maximum Gasteiger partial charge on any atom is 0.0992 e. The van der Waals surface area contributed by atoms with E-state index in [4.69, 9.17) is 10.4 Å². The van der Waals surface area contributed by atoms with Crippen molar-refractivity contribution in [1.29, 1.82) is 5.26 Å². The largest absolute Gasteiger partial charge is 0.396 e. The first-order valence-electron chi connectivity index (χ1n) is 4.21. The molecule has 0 unspecified atom stereocenters. The lowest BCUT2D eigenvalue weighted by atomic mass is 10.2. The Bertz CT molecular complexity index is 348. The second-order valence-electron chi connectivity index (χ2n) is 2.68. The predicted molar refractivity (Wildman–Crippen MR) is 61.3 cm³/mol. The second kappa shape index (κ2) is 6.07. The summed E-state index contributed by atoms with van der Waals surface area (Å²) in [7, 11) is 0. The number of halogens is 1. The highest BCUT2D eigenvalue weighted by molar-refractivity contribution is 9.10. The van der Waals surface area contributed by atoms with E-state index >= 15 is 0 Å². The fourth-order valence-corrected chi connectivity index (χ4v) is 2.51. The first kappa shape index (κ1) is 11.6. The molecule has 1 rings (SSSR count). The van der Waals surface area contributed by atoms with Crippen molar-refractivity contribution >= 4 is 27.7 Å². The van der Waals surface area contributed by atoms with Crippen molar-refractivity contribution in [2.24, 2.45) is 0 Å². The van der Waals surface area contributed by atoms with Crippen molar-refractivity contribution in [2.45, 2.75) is 11.3 Å². The van der Waals surface area contributed by atoms with Gasteiger partial charge in [-0.2, -0.15) is 5.26 Å². The average Bonchev–Trinajstić information content (AvgIpc) is 2.20. The molecule has 2 nitrogen and oxygen atoms in total. The van der Waals surface area contributed by atoms with E-state index in [0.29, 0.717) is 5.56 Å². The third-order valence-electron chi connectivity index (χ3n) is 1.62. The number of nitriles is 1. The van der Waals surface area contributed by atoms with Gasteiger partial charge in [-0.3, -0.25) is 0 Å². The lowest BCUT2D eigenvalue weighted by Gasteiger charge is -2.03. The molecule has 0 radical (unpaired) electrons. The topological polar surface area (TPSA) is 44.0 Å². The zero-order valence-corrected chi connectivity index (χ0v) is 9.94. The smallest absolute Gasteiger partial charge is 0.0992 e. The molecule has 0 aliphatic heterocycles. The van der Waals surface area contributed by atoms with Crippen LogP contribution < -0.4 is 0 Å². The van der Waals surface area contributed by atoms with Gasteiger partial charge in [0.1, 0.15) is 0 Å². The maximum atomic E-state index is 8.66. The molecule has 0 saturated carbocycles. The molecular formula is C10H10BrNOS. The molecule has 0 atom stereocenters. The third kappa shape index (κ3) is 3.33. The van der Waals surface area contributed by atoms with Crippen LogP contribution in [0.1, 0.15) is 12.0 Å². The molecular weight excluding hydrogens is 262 g/mol. The zero-order chi connectivity index (χ0) is 10.4. The Morgan fingerprint density at radius 1 is 1.50 bits per heavy atom. The highest BCUT2D eigenvalue weighted by Crippen LogP contribution is 2.28. The van der Waals surface area contributed by atoms with Gasteiger partial charge in [0.05, 0.1) is 11.6 Å². The monoisotopic (exact) mass is 271 g/mol. The number of hydrogen-bond acceptors (Lipinski definition) is 3. The van der Waals surface area contributed by atoms with Crippen LogP contribution in [0.4, 0.5) is 0 Å². The molecule has 1 N–H and O–H groups in total. The Kier molecular flexibility index (Phi) is 5.02. The van der Waals surface area contributed by atoms with Crippen LogP contribution in [-0.2, 0) is 0 Å². The highest BCUT2D eigenvalue weighted by atomic mass is 79.9. The van der Waals surface area contributed by atoms with Crippen LogP contribution in [0.15, 0.2) is 27.6 Å². The highest BCUT2D eigenvalue weighted by Gasteiger charge is 2.01. The quantitative estimate of drug-likeness (QED) is 0.677. The van der Waals surface area contributed by atoms with Crippen LogP contribution in [0.3, 0.4) is 0 Å². The molecule has 1 aromatic rings. The summed E-state index contributed by atoms with van der Waals surface area (Å²) >= 11 is 5.08. The summed E-state index contributed by atoms with van der Waals surface area (Å²) < 4.78 is 0.944. The summed E-state index contributed by atoms with van der Waals surface area (Å²) in [4.78, 5) is 1.11. The number of benzene rings is 1. The van der Waals surface area contributed by atoms with Gasteiger partial charge < -0.3 is 5.11 Å². The van der Waals surface area contributed by atoms with Crippen molar-refractivity contribution in [3.8, 4) is 6.07 Å². The molecule has 0 heterocycles. The number of rotatable bonds is 4. The molecule has 0 amide bonds. The standard InChI is InChI=1S/C10H10BrNOS/c11-9-6-8(7-12)2-3-10(9)14-5-1-4-13/h2-3,6,13H,1,4-5H2. The molecule has 74 valence electrons. The van der Waals surface area contributed by atoms with Gasteiger partial charge in [0.25, 0.3) is 0 Å². The molecule has 0 fully saturated rings. The Labute approximate surface area is 96.1 Å². The van der Waals surface area contributed by atoms with Crippen molar-refractivity contribution in [1.82, 2.24) is 0 Å². The lowest BCUT2D eigenvalue weighted by molar-refractivity contribution is 0.296. The Hall–Kier alpha value is -0.500. The number of hydrogen-bond donors (Lipinski definition) is 1. The van der Waals surface area contributed by atoms with Gasteiger partial charge in [0, 0.05) is 21.7 Å². The molecule has 0 aromatic heterocycles. The second-order valence-corrected chi connectivity index (χ2v) is 4.67. The molecule has 0 bridgehead atoms. The molecule has 4 heteroatoms. The minimum Gasteiger partial charge on any atom is -0.396 e. The van der Waals surface area contributed by atoms with E-state index in [0.717, 1.165) is 21.5 Å². The summed E-state index contributed by atoms with van der Waals surface area (Å²) in [5.41, 5.74) is 0.656. The SMILES string of the molecule is N#Cc1ccc(SCCCO)c(Br)c1. The number of aliphatic hydroxyl groups excluding tert-OH is 1. The number of nitrogens with zero attached hydrogens (tertiary/aromatic N) is 1. The molecule has 0 aliphatic carbocycles. The maximum absolute atomic E-state index is 8.66. The summed E-state index contributed by atoms with van der Waals surface area (Å²) in [6.07, 6.45) is 0.789. The van der Waals surface area contributed by atoms with Gasteiger partial charge in [0.15, 0.2) is 0 Å². The lowest BCUT2D eigenvalue weighted by Crippen LogP contribution is -1.86. The first-order valence-corrected chi connectivity index (χ1v) is 5.99.